The van der Waals surface area contributed by atoms with Crippen molar-refractivity contribution in [2.24, 2.45) is 0 Å². The number of carbonyl (C=O) groups is 1. The Morgan fingerprint density at radius 3 is 2.71 bits per heavy atom. The number of carbonyl (C=O) groups excluding carboxylic acids is 1. The van der Waals surface area contributed by atoms with Crippen LogP contribution in [0.4, 0.5) is 0 Å². The number of ether oxygens (including phenoxy) is 1. The number of aromatic nitrogens is 1. The summed E-state index contributed by atoms with van der Waals surface area (Å²) in [6.07, 6.45) is 5.51. The molecule has 1 saturated carbocycles. The van der Waals surface area contributed by atoms with E-state index in [1.807, 2.05) is 0 Å². The van der Waals surface area contributed by atoms with Gasteiger partial charge in [-0.2, -0.15) is 0 Å². The molecule has 0 spiro atoms. The second-order valence-corrected chi connectivity index (χ2v) is 7.71. The Morgan fingerprint density at radius 2 is 2.14 bits per heavy atom. The van der Waals surface area contributed by atoms with Crippen molar-refractivity contribution in [3.63, 3.8) is 0 Å². The number of nitrogens with zero attached hydrogens (tertiary/aromatic N) is 1. The number of nitrogens with one attached hydrogen (secondary N) is 1. The molecular weight excluding hydrogens is 316 g/mol. The van der Waals surface area contributed by atoms with E-state index in [9.17, 15) is 13.2 Å². The van der Waals surface area contributed by atoms with Gasteiger partial charge in [-0.25, -0.2) is 8.42 Å². The Kier molecular flexibility index (Phi) is 5.29. The van der Waals surface area contributed by atoms with Crippen molar-refractivity contribution >= 4 is 25.6 Å². The van der Waals surface area contributed by atoms with Crippen LogP contribution in [0.15, 0.2) is 17.2 Å². The number of halogens is 1. The molecule has 0 bridgehead atoms. The van der Waals surface area contributed by atoms with Crippen molar-refractivity contribution in [3.05, 3.63) is 18.0 Å². The van der Waals surface area contributed by atoms with Crippen LogP contribution in [-0.2, 0) is 20.3 Å². The summed E-state index contributed by atoms with van der Waals surface area (Å²) in [4.78, 5) is 12.2. The fourth-order valence-corrected chi connectivity index (χ4v) is 3.27. The molecular formula is C13H19ClN2O4S. The van der Waals surface area contributed by atoms with E-state index in [0.717, 1.165) is 25.7 Å². The molecule has 6 nitrogen and oxygen atoms in total. The summed E-state index contributed by atoms with van der Waals surface area (Å²) >= 11 is 0. The molecule has 118 valence electrons. The molecule has 1 fully saturated rings. The quantitative estimate of drug-likeness (QED) is 0.804. The largest absolute Gasteiger partial charge is 0.383 e. The van der Waals surface area contributed by atoms with E-state index in [0.29, 0.717) is 13.2 Å². The van der Waals surface area contributed by atoms with E-state index in [4.69, 9.17) is 15.4 Å². The zero-order valence-electron chi connectivity index (χ0n) is 11.8. The lowest BCUT2D eigenvalue weighted by atomic mass is 10.2. The summed E-state index contributed by atoms with van der Waals surface area (Å²) in [5.41, 5.74) is 0.290. The van der Waals surface area contributed by atoms with E-state index >= 15 is 0 Å². The number of hydrogen-bond acceptors (Lipinski definition) is 4. The molecule has 0 atom stereocenters. The molecule has 0 aliphatic heterocycles. The number of amides is 1. The summed E-state index contributed by atoms with van der Waals surface area (Å²) in [6, 6.07) is 1.47. The third-order valence-electron chi connectivity index (χ3n) is 3.61. The maximum atomic E-state index is 12.3. The summed E-state index contributed by atoms with van der Waals surface area (Å²) in [5.74, 6) is -0.274. The molecule has 1 aromatic rings. The van der Waals surface area contributed by atoms with Crippen LogP contribution in [0.5, 0.6) is 0 Å². The number of methoxy groups -OCH3 is 1. The van der Waals surface area contributed by atoms with Gasteiger partial charge in [0.1, 0.15) is 10.6 Å². The van der Waals surface area contributed by atoms with Crippen LogP contribution in [0.2, 0.25) is 0 Å². The highest BCUT2D eigenvalue weighted by Crippen LogP contribution is 2.21. The summed E-state index contributed by atoms with van der Waals surface area (Å²) in [6.45, 7) is 0.760. The van der Waals surface area contributed by atoms with Crippen LogP contribution >= 0.6 is 10.7 Å². The standard InChI is InChI=1S/C13H19ClN2O4S/c1-20-7-6-16-9-11(21(14,18)19)8-12(16)13(17)15-10-4-2-3-5-10/h8-10H,2-7H2,1H3,(H,15,17). The van der Waals surface area contributed by atoms with Gasteiger partial charge in [0.05, 0.1) is 6.61 Å². The van der Waals surface area contributed by atoms with E-state index < -0.39 is 9.05 Å². The zero-order valence-corrected chi connectivity index (χ0v) is 13.4. The fourth-order valence-electron chi connectivity index (χ4n) is 2.51. The smallest absolute Gasteiger partial charge is 0.268 e. The molecule has 0 radical (unpaired) electrons. The van der Waals surface area contributed by atoms with Gasteiger partial charge in [-0.15, -0.1) is 0 Å². The van der Waals surface area contributed by atoms with Gasteiger partial charge in [-0.3, -0.25) is 4.79 Å². The lowest BCUT2D eigenvalue weighted by molar-refractivity contribution is 0.0925. The van der Waals surface area contributed by atoms with Gasteiger partial charge >= 0.3 is 0 Å². The van der Waals surface area contributed by atoms with Gasteiger partial charge in [0.2, 0.25) is 0 Å². The molecule has 21 heavy (non-hydrogen) atoms. The molecule has 1 aliphatic rings. The Balaban J connectivity index is 2.22. The highest BCUT2D eigenvalue weighted by molar-refractivity contribution is 8.13. The van der Waals surface area contributed by atoms with E-state index in [-0.39, 0.29) is 22.5 Å². The van der Waals surface area contributed by atoms with Crippen LogP contribution in [0.25, 0.3) is 0 Å². The lowest BCUT2D eigenvalue weighted by Gasteiger charge is -2.13. The maximum absolute atomic E-state index is 12.3. The second kappa shape index (κ2) is 6.81. The SMILES string of the molecule is COCCn1cc(S(=O)(=O)Cl)cc1C(=O)NC1CCCC1. The van der Waals surface area contributed by atoms with Crippen LogP contribution in [0, 0.1) is 0 Å². The molecule has 8 heteroatoms. The first-order valence-electron chi connectivity index (χ1n) is 6.86. The third-order valence-corrected chi connectivity index (χ3v) is 4.93. The molecule has 0 aromatic carbocycles. The zero-order chi connectivity index (χ0) is 15.5. The van der Waals surface area contributed by atoms with Crippen LogP contribution < -0.4 is 5.32 Å². The van der Waals surface area contributed by atoms with Crippen LogP contribution in [0.1, 0.15) is 36.2 Å². The summed E-state index contributed by atoms with van der Waals surface area (Å²) in [7, 11) is 3.03. The minimum atomic E-state index is -3.86. The Morgan fingerprint density at radius 1 is 1.48 bits per heavy atom. The average Bonchev–Trinajstić information content (AvgIpc) is 3.03. The van der Waals surface area contributed by atoms with Crippen molar-refractivity contribution in [3.8, 4) is 0 Å². The van der Waals surface area contributed by atoms with Crippen LogP contribution in [0.3, 0.4) is 0 Å². The van der Waals surface area contributed by atoms with Crippen molar-refractivity contribution in [2.75, 3.05) is 13.7 Å². The van der Waals surface area contributed by atoms with Gasteiger partial charge in [0, 0.05) is 36.6 Å². The normalized spacial score (nSPS) is 16.3. The van der Waals surface area contributed by atoms with Gasteiger partial charge in [-0.05, 0) is 18.9 Å². The first-order valence-corrected chi connectivity index (χ1v) is 9.17. The van der Waals surface area contributed by atoms with Gasteiger partial charge in [0.25, 0.3) is 15.0 Å². The van der Waals surface area contributed by atoms with E-state index in [2.05, 4.69) is 5.32 Å². The Labute approximate surface area is 128 Å². The Hall–Kier alpha value is -1.05. The van der Waals surface area contributed by atoms with Crippen molar-refractivity contribution in [1.82, 2.24) is 9.88 Å². The highest BCUT2D eigenvalue weighted by Gasteiger charge is 2.23. The molecule has 1 amide bonds. The lowest BCUT2D eigenvalue weighted by Crippen LogP contribution is -2.34. The minimum Gasteiger partial charge on any atom is -0.383 e. The summed E-state index contributed by atoms with van der Waals surface area (Å²) < 4.78 is 29.4. The van der Waals surface area contributed by atoms with Gasteiger partial charge in [-0.1, -0.05) is 12.8 Å². The molecule has 0 saturated heterocycles. The number of rotatable bonds is 6. The second-order valence-electron chi connectivity index (χ2n) is 5.14. The maximum Gasteiger partial charge on any atom is 0.268 e. The van der Waals surface area contributed by atoms with Crippen molar-refractivity contribution < 1.29 is 17.9 Å². The molecule has 1 aromatic heterocycles. The van der Waals surface area contributed by atoms with Crippen LogP contribution in [-0.4, -0.2) is 38.7 Å². The molecule has 1 N–H and O–H groups in total. The Bertz CT molecular complexity index is 606. The first-order chi connectivity index (χ1) is 9.91. The first kappa shape index (κ1) is 16.3. The monoisotopic (exact) mass is 334 g/mol. The van der Waals surface area contributed by atoms with E-state index in [1.165, 1.54) is 12.3 Å². The van der Waals surface area contributed by atoms with Crippen molar-refractivity contribution in [1.29, 1.82) is 0 Å². The fraction of sp³-hybridized carbons (Fsp3) is 0.615. The molecule has 1 aliphatic carbocycles. The topological polar surface area (TPSA) is 77.4 Å². The predicted octanol–water partition coefficient (Wildman–Crippen LogP) is 1.73. The molecule has 1 heterocycles. The third kappa shape index (κ3) is 4.21. The van der Waals surface area contributed by atoms with Gasteiger partial charge in [0.15, 0.2) is 0 Å². The molecule has 2 rings (SSSR count). The van der Waals surface area contributed by atoms with Gasteiger partial charge < -0.3 is 14.6 Å². The minimum absolute atomic E-state index is 0.0724. The van der Waals surface area contributed by atoms with E-state index in [1.54, 1.807) is 11.7 Å². The number of hydrogen-bond donors (Lipinski definition) is 1. The average molecular weight is 335 g/mol. The van der Waals surface area contributed by atoms with Crippen molar-refractivity contribution in [2.45, 2.75) is 43.2 Å². The highest BCUT2D eigenvalue weighted by atomic mass is 35.7. The summed E-state index contributed by atoms with van der Waals surface area (Å²) in [5, 5.41) is 2.94. The molecule has 0 unspecified atom stereocenters. The predicted molar refractivity (Wildman–Crippen MR) is 79.1 cm³/mol.